The average Bonchev–Trinajstić information content (AvgIpc) is 2.67. The third kappa shape index (κ3) is 2.46. The van der Waals surface area contributed by atoms with Crippen LogP contribution in [0.1, 0.15) is 4.88 Å². The molecule has 15 heavy (non-hydrogen) atoms. The van der Waals surface area contributed by atoms with E-state index in [-0.39, 0.29) is 0 Å². The summed E-state index contributed by atoms with van der Waals surface area (Å²) in [6.45, 7) is 0. The Bertz CT molecular complexity index is 493. The first-order chi connectivity index (χ1) is 7.29. The van der Waals surface area contributed by atoms with Gasteiger partial charge in [-0.3, -0.25) is 0 Å². The second-order valence-corrected chi connectivity index (χ2v) is 4.99. The summed E-state index contributed by atoms with van der Waals surface area (Å²) in [6.07, 6.45) is 1.44. The van der Waals surface area contributed by atoms with Crippen LogP contribution in [0.5, 0.6) is 0 Å². The van der Waals surface area contributed by atoms with Gasteiger partial charge in [0.25, 0.3) is 0 Å². The van der Waals surface area contributed by atoms with Crippen molar-refractivity contribution in [3.05, 3.63) is 45.7 Å². The van der Waals surface area contributed by atoms with Crippen LogP contribution in [0.15, 0.2) is 46.0 Å². The highest BCUT2D eigenvalue weighted by Crippen LogP contribution is 2.29. The molecule has 0 bridgehead atoms. The SMILES string of the molecule is ON=Cc1ccc(-c2cccc(Br)c2)s1. The molecule has 0 fully saturated rings. The summed E-state index contributed by atoms with van der Waals surface area (Å²) in [5.41, 5.74) is 1.16. The molecule has 0 unspecified atom stereocenters. The van der Waals surface area contributed by atoms with Crippen molar-refractivity contribution in [3.63, 3.8) is 0 Å². The van der Waals surface area contributed by atoms with E-state index in [2.05, 4.69) is 33.2 Å². The van der Waals surface area contributed by atoms with Crippen LogP contribution in [0.4, 0.5) is 0 Å². The molecule has 1 heterocycles. The number of halogens is 1. The Kier molecular flexibility index (Phi) is 3.18. The van der Waals surface area contributed by atoms with Crippen molar-refractivity contribution in [1.29, 1.82) is 0 Å². The van der Waals surface area contributed by atoms with E-state index in [1.54, 1.807) is 11.3 Å². The molecule has 0 amide bonds. The predicted octanol–water partition coefficient (Wildman–Crippen LogP) is 3.99. The molecule has 0 spiro atoms. The van der Waals surface area contributed by atoms with E-state index in [1.165, 1.54) is 6.21 Å². The third-order valence-electron chi connectivity index (χ3n) is 1.92. The van der Waals surface area contributed by atoms with Gasteiger partial charge in [-0.25, -0.2) is 0 Å². The fourth-order valence-corrected chi connectivity index (χ4v) is 2.55. The average molecular weight is 282 g/mol. The summed E-state index contributed by atoms with van der Waals surface area (Å²) in [5, 5.41) is 11.4. The quantitative estimate of drug-likeness (QED) is 0.504. The summed E-state index contributed by atoms with van der Waals surface area (Å²) >= 11 is 5.02. The normalized spacial score (nSPS) is 11.0. The van der Waals surface area contributed by atoms with Gasteiger partial charge in [0.05, 0.1) is 6.21 Å². The second-order valence-electron chi connectivity index (χ2n) is 2.96. The van der Waals surface area contributed by atoms with Gasteiger partial charge in [0.2, 0.25) is 0 Å². The lowest BCUT2D eigenvalue weighted by Crippen LogP contribution is -1.71. The van der Waals surface area contributed by atoms with Gasteiger partial charge >= 0.3 is 0 Å². The van der Waals surface area contributed by atoms with Crippen LogP contribution >= 0.6 is 27.3 Å². The Hall–Kier alpha value is -1.13. The van der Waals surface area contributed by atoms with Gasteiger partial charge in [-0.1, -0.05) is 33.2 Å². The molecular weight excluding hydrogens is 274 g/mol. The van der Waals surface area contributed by atoms with Gasteiger partial charge in [-0.05, 0) is 29.8 Å². The van der Waals surface area contributed by atoms with Gasteiger partial charge < -0.3 is 5.21 Å². The zero-order valence-electron chi connectivity index (χ0n) is 7.72. The molecule has 1 aromatic carbocycles. The molecule has 0 saturated heterocycles. The highest BCUT2D eigenvalue weighted by atomic mass is 79.9. The van der Waals surface area contributed by atoms with Crippen molar-refractivity contribution < 1.29 is 5.21 Å². The summed E-state index contributed by atoms with van der Waals surface area (Å²) in [7, 11) is 0. The molecule has 2 aromatic rings. The van der Waals surface area contributed by atoms with Crippen molar-refractivity contribution in [2.24, 2.45) is 5.16 Å². The van der Waals surface area contributed by atoms with Crippen molar-refractivity contribution in [3.8, 4) is 10.4 Å². The van der Waals surface area contributed by atoms with Gasteiger partial charge in [0, 0.05) is 14.2 Å². The number of thiophene rings is 1. The number of hydrogen-bond acceptors (Lipinski definition) is 3. The van der Waals surface area contributed by atoms with Crippen molar-refractivity contribution in [2.45, 2.75) is 0 Å². The predicted molar refractivity (Wildman–Crippen MR) is 66.8 cm³/mol. The molecule has 2 rings (SSSR count). The van der Waals surface area contributed by atoms with E-state index in [1.807, 2.05) is 24.3 Å². The summed E-state index contributed by atoms with van der Waals surface area (Å²) < 4.78 is 1.06. The Morgan fingerprint density at radius 2 is 2.13 bits per heavy atom. The minimum absolute atomic E-state index is 0.937. The number of oxime groups is 1. The van der Waals surface area contributed by atoms with Crippen molar-refractivity contribution in [1.82, 2.24) is 0 Å². The lowest BCUT2D eigenvalue weighted by Gasteiger charge is -1.96. The molecule has 0 aliphatic carbocycles. The van der Waals surface area contributed by atoms with E-state index in [0.29, 0.717) is 0 Å². The van der Waals surface area contributed by atoms with Crippen LogP contribution in [-0.2, 0) is 0 Å². The standard InChI is InChI=1S/C11H8BrNOS/c12-9-3-1-2-8(6-9)11-5-4-10(15-11)7-13-14/h1-7,14H. The first kappa shape index (κ1) is 10.4. The van der Waals surface area contributed by atoms with E-state index in [9.17, 15) is 0 Å². The maximum atomic E-state index is 8.41. The van der Waals surface area contributed by atoms with Gasteiger partial charge in [0.1, 0.15) is 0 Å². The Morgan fingerprint density at radius 1 is 1.27 bits per heavy atom. The molecule has 0 radical (unpaired) electrons. The first-order valence-electron chi connectivity index (χ1n) is 4.33. The highest BCUT2D eigenvalue weighted by Gasteiger charge is 2.01. The van der Waals surface area contributed by atoms with E-state index in [0.717, 1.165) is 19.8 Å². The summed E-state index contributed by atoms with van der Waals surface area (Å²) in [4.78, 5) is 2.10. The largest absolute Gasteiger partial charge is 0.411 e. The van der Waals surface area contributed by atoms with Crippen molar-refractivity contribution in [2.75, 3.05) is 0 Å². The molecule has 4 heteroatoms. The Labute approximate surface area is 100 Å². The van der Waals surface area contributed by atoms with Crippen molar-refractivity contribution >= 4 is 33.5 Å². The highest BCUT2D eigenvalue weighted by molar-refractivity contribution is 9.10. The minimum Gasteiger partial charge on any atom is -0.411 e. The van der Waals surface area contributed by atoms with Crippen LogP contribution in [0, 0.1) is 0 Å². The molecule has 76 valence electrons. The number of nitrogens with zero attached hydrogens (tertiary/aromatic N) is 1. The van der Waals surface area contributed by atoms with Gasteiger partial charge in [0.15, 0.2) is 0 Å². The fraction of sp³-hybridized carbons (Fsp3) is 0. The van der Waals surface area contributed by atoms with Crippen LogP contribution in [0.3, 0.4) is 0 Å². The zero-order valence-corrected chi connectivity index (χ0v) is 10.1. The first-order valence-corrected chi connectivity index (χ1v) is 5.94. The van der Waals surface area contributed by atoms with Crippen LogP contribution < -0.4 is 0 Å². The minimum atomic E-state index is 0.937. The molecule has 1 N–H and O–H groups in total. The van der Waals surface area contributed by atoms with E-state index < -0.39 is 0 Å². The number of benzene rings is 1. The zero-order chi connectivity index (χ0) is 10.7. The second kappa shape index (κ2) is 4.59. The van der Waals surface area contributed by atoms with Crippen LogP contribution in [0.2, 0.25) is 0 Å². The molecule has 2 nitrogen and oxygen atoms in total. The maximum absolute atomic E-state index is 8.41. The topological polar surface area (TPSA) is 32.6 Å². The van der Waals surface area contributed by atoms with Crippen LogP contribution in [-0.4, -0.2) is 11.4 Å². The monoisotopic (exact) mass is 281 g/mol. The third-order valence-corrected chi connectivity index (χ3v) is 3.48. The van der Waals surface area contributed by atoms with E-state index >= 15 is 0 Å². The molecule has 1 aromatic heterocycles. The lowest BCUT2D eigenvalue weighted by atomic mass is 10.2. The van der Waals surface area contributed by atoms with Gasteiger partial charge in [-0.2, -0.15) is 0 Å². The van der Waals surface area contributed by atoms with Gasteiger partial charge in [-0.15, -0.1) is 11.3 Å². The van der Waals surface area contributed by atoms with Crippen LogP contribution in [0.25, 0.3) is 10.4 Å². The summed E-state index contributed by atoms with van der Waals surface area (Å²) in [6, 6.07) is 12.1. The summed E-state index contributed by atoms with van der Waals surface area (Å²) in [5.74, 6) is 0. The molecule has 0 saturated carbocycles. The maximum Gasteiger partial charge on any atom is 0.0833 e. The molecular formula is C11H8BrNOS. The smallest absolute Gasteiger partial charge is 0.0833 e. The number of hydrogen-bond donors (Lipinski definition) is 1. The Balaban J connectivity index is 2.37. The van der Waals surface area contributed by atoms with E-state index in [4.69, 9.17) is 5.21 Å². The molecule has 0 aliphatic rings. The Morgan fingerprint density at radius 3 is 2.87 bits per heavy atom. The molecule has 0 aliphatic heterocycles. The fourth-order valence-electron chi connectivity index (χ4n) is 1.28. The molecule has 0 atom stereocenters. The number of rotatable bonds is 2. The lowest BCUT2D eigenvalue weighted by molar-refractivity contribution is 0.322.